The summed E-state index contributed by atoms with van der Waals surface area (Å²) in [5, 5.41) is 14.0. The van der Waals surface area contributed by atoms with Gasteiger partial charge in [0.25, 0.3) is 0 Å². The van der Waals surface area contributed by atoms with Crippen molar-refractivity contribution in [2.75, 3.05) is 55.6 Å². The summed E-state index contributed by atoms with van der Waals surface area (Å²) in [4.78, 5) is 12.0. The Bertz CT molecular complexity index is 1300. The molecule has 0 radical (unpaired) electrons. The van der Waals surface area contributed by atoms with E-state index in [2.05, 4.69) is 75.2 Å². The highest BCUT2D eigenvalue weighted by Gasteiger charge is 2.33. The molecule has 0 bridgehead atoms. The molecule has 3 atom stereocenters. The van der Waals surface area contributed by atoms with Crippen molar-refractivity contribution >= 4 is 22.3 Å². The molecule has 0 amide bonds. The lowest BCUT2D eigenvalue weighted by Crippen LogP contribution is -2.50. The number of aromatic nitrogens is 1. The molecule has 7 heteroatoms. The van der Waals surface area contributed by atoms with E-state index in [4.69, 9.17) is 4.74 Å². The number of ether oxygens (including phenoxy) is 1. The molecule has 4 heterocycles. The molecule has 0 saturated carbocycles. The van der Waals surface area contributed by atoms with E-state index in [0.29, 0.717) is 11.6 Å². The van der Waals surface area contributed by atoms with Gasteiger partial charge in [-0.15, -0.1) is 0 Å². The molecule has 36 heavy (non-hydrogen) atoms. The molecule has 3 aliphatic heterocycles. The first-order chi connectivity index (χ1) is 17.6. The topological polar surface area (TPSA) is 67.7 Å². The third-order valence-electron chi connectivity index (χ3n) is 7.95. The third-order valence-corrected chi connectivity index (χ3v) is 7.95. The van der Waals surface area contributed by atoms with Gasteiger partial charge in [-0.25, -0.2) is 0 Å². The van der Waals surface area contributed by atoms with E-state index in [1.54, 1.807) is 6.20 Å². The first-order valence-electron chi connectivity index (χ1n) is 13.1. The first-order valence-corrected chi connectivity index (χ1v) is 13.1. The van der Waals surface area contributed by atoms with E-state index >= 15 is 0 Å². The zero-order chi connectivity index (χ0) is 24.6. The monoisotopic (exact) mass is 482 g/mol. The maximum atomic E-state index is 9.54. The molecule has 7 nitrogen and oxygen atoms in total. The van der Waals surface area contributed by atoms with E-state index in [-0.39, 0.29) is 12.2 Å². The van der Waals surface area contributed by atoms with Gasteiger partial charge in [-0.1, -0.05) is 6.07 Å². The Morgan fingerprint density at radius 3 is 2.78 bits per heavy atom. The Morgan fingerprint density at radius 1 is 1.08 bits per heavy atom. The number of piperazine rings is 1. The number of hydrogen-bond acceptors (Lipinski definition) is 7. The molecule has 3 aromatic rings. The van der Waals surface area contributed by atoms with Crippen LogP contribution in [0.1, 0.15) is 36.6 Å². The number of morpholine rings is 1. The zero-order valence-corrected chi connectivity index (χ0v) is 21.2. The summed E-state index contributed by atoms with van der Waals surface area (Å²) in [6.07, 6.45) is 2.00. The second-order valence-electron chi connectivity index (χ2n) is 10.3. The molecule has 1 unspecified atom stereocenters. The number of rotatable bonds is 4. The van der Waals surface area contributed by atoms with Crippen LogP contribution in [0.15, 0.2) is 48.7 Å². The molecule has 2 saturated heterocycles. The van der Waals surface area contributed by atoms with Gasteiger partial charge in [0.15, 0.2) is 0 Å². The van der Waals surface area contributed by atoms with Gasteiger partial charge >= 0.3 is 0 Å². The molecule has 1 aromatic heterocycles. The van der Waals surface area contributed by atoms with Crippen molar-refractivity contribution in [3.63, 3.8) is 0 Å². The highest BCUT2D eigenvalue weighted by atomic mass is 16.5. The van der Waals surface area contributed by atoms with Crippen LogP contribution in [-0.2, 0) is 11.3 Å². The van der Waals surface area contributed by atoms with Crippen LogP contribution >= 0.6 is 0 Å². The highest BCUT2D eigenvalue weighted by Crippen LogP contribution is 2.37. The van der Waals surface area contributed by atoms with Crippen molar-refractivity contribution < 1.29 is 4.74 Å². The van der Waals surface area contributed by atoms with Gasteiger partial charge in [-0.05, 0) is 61.4 Å². The number of nitrogens with one attached hydrogen (secondary N) is 1. The molecular formula is C29H34N6O. The standard InChI is InChI=1S/C29H34N6O/c1-20-16-35(28-8-5-22(15-30)29-27(28)4-3-9-32-29)19-25(36-20)18-34-17-23-14-24(6-7-26(23)21(34)2)33-12-10-31-11-13-33/h3-9,14,20-21,25,31H,10-13,16-19H2,1-2H3/t20-,21?,25+/m1/s1. The van der Waals surface area contributed by atoms with Gasteiger partial charge in [0.05, 0.1) is 23.3 Å². The zero-order valence-electron chi connectivity index (χ0n) is 21.2. The summed E-state index contributed by atoms with van der Waals surface area (Å²) >= 11 is 0. The van der Waals surface area contributed by atoms with Gasteiger partial charge < -0.3 is 19.9 Å². The van der Waals surface area contributed by atoms with Crippen LogP contribution < -0.4 is 15.1 Å². The summed E-state index contributed by atoms with van der Waals surface area (Å²) < 4.78 is 6.46. The van der Waals surface area contributed by atoms with Gasteiger partial charge in [-0.3, -0.25) is 9.88 Å². The van der Waals surface area contributed by atoms with Gasteiger partial charge in [0.1, 0.15) is 6.07 Å². The molecule has 2 aromatic carbocycles. The molecule has 1 N–H and O–H groups in total. The van der Waals surface area contributed by atoms with Crippen LogP contribution in [0.3, 0.4) is 0 Å². The van der Waals surface area contributed by atoms with Crippen molar-refractivity contribution in [1.82, 2.24) is 15.2 Å². The summed E-state index contributed by atoms with van der Waals surface area (Å²) in [7, 11) is 0. The second-order valence-corrected chi connectivity index (χ2v) is 10.3. The van der Waals surface area contributed by atoms with Crippen LogP contribution in [0, 0.1) is 11.3 Å². The van der Waals surface area contributed by atoms with E-state index < -0.39 is 0 Å². The summed E-state index contributed by atoms with van der Waals surface area (Å²) in [6.45, 7) is 12.2. The Labute approximate surface area is 213 Å². The number of anilines is 2. The average molecular weight is 483 g/mol. The van der Waals surface area contributed by atoms with Crippen LogP contribution in [-0.4, -0.2) is 67.9 Å². The van der Waals surface area contributed by atoms with Crippen molar-refractivity contribution in [2.45, 2.75) is 38.6 Å². The lowest BCUT2D eigenvalue weighted by atomic mass is 10.0. The smallest absolute Gasteiger partial charge is 0.101 e. The minimum Gasteiger partial charge on any atom is -0.370 e. The summed E-state index contributed by atoms with van der Waals surface area (Å²) in [5.74, 6) is 0. The fourth-order valence-electron chi connectivity index (χ4n) is 6.16. The molecule has 3 aliphatic rings. The number of nitrogens with zero attached hydrogens (tertiary/aromatic N) is 5. The molecule has 0 spiro atoms. The molecule has 2 fully saturated rings. The number of pyridine rings is 1. The predicted octanol–water partition coefficient (Wildman–Crippen LogP) is 3.69. The Morgan fingerprint density at radius 2 is 1.94 bits per heavy atom. The molecule has 6 rings (SSSR count). The van der Waals surface area contributed by atoms with Crippen LogP contribution in [0.4, 0.5) is 11.4 Å². The van der Waals surface area contributed by atoms with Crippen LogP contribution in [0.25, 0.3) is 10.9 Å². The lowest BCUT2D eigenvalue weighted by molar-refractivity contribution is -0.0366. The van der Waals surface area contributed by atoms with Gasteiger partial charge in [0.2, 0.25) is 0 Å². The fourth-order valence-corrected chi connectivity index (χ4v) is 6.16. The Balaban J connectivity index is 1.19. The van der Waals surface area contributed by atoms with Crippen molar-refractivity contribution in [3.05, 3.63) is 65.4 Å². The molecular weight excluding hydrogens is 448 g/mol. The largest absolute Gasteiger partial charge is 0.370 e. The van der Waals surface area contributed by atoms with Crippen molar-refractivity contribution in [3.8, 4) is 6.07 Å². The number of benzene rings is 2. The quantitative estimate of drug-likeness (QED) is 0.608. The van der Waals surface area contributed by atoms with Crippen molar-refractivity contribution in [1.29, 1.82) is 5.26 Å². The maximum Gasteiger partial charge on any atom is 0.101 e. The first kappa shape index (κ1) is 23.2. The minimum absolute atomic E-state index is 0.112. The van der Waals surface area contributed by atoms with Crippen LogP contribution in [0.5, 0.6) is 0 Å². The second kappa shape index (κ2) is 9.70. The Kier molecular flexibility index (Phi) is 6.26. The normalized spacial score (nSPS) is 24.6. The number of nitriles is 1. The summed E-state index contributed by atoms with van der Waals surface area (Å²) in [5.41, 5.74) is 6.77. The van der Waals surface area contributed by atoms with E-state index in [0.717, 1.165) is 68.9 Å². The molecule has 0 aliphatic carbocycles. The predicted molar refractivity (Wildman–Crippen MR) is 143 cm³/mol. The SMILES string of the molecule is CC1c2ccc(N3CCNCC3)cc2CN1C[C@H]1CN(c2ccc(C#N)c3ncccc23)C[C@@H](C)O1. The van der Waals surface area contributed by atoms with E-state index in [1.165, 1.54) is 16.8 Å². The summed E-state index contributed by atoms with van der Waals surface area (Å²) in [6, 6.07) is 17.7. The van der Waals surface area contributed by atoms with E-state index in [1.807, 2.05) is 12.1 Å². The third kappa shape index (κ3) is 4.30. The number of fused-ring (bicyclic) bond motifs is 2. The maximum absolute atomic E-state index is 9.54. The number of hydrogen-bond donors (Lipinski definition) is 1. The highest BCUT2D eigenvalue weighted by molar-refractivity contribution is 5.95. The van der Waals surface area contributed by atoms with Crippen LogP contribution in [0.2, 0.25) is 0 Å². The minimum atomic E-state index is 0.112. The average Bonchev–Trinajstić information content (AvgIpc) is 3.22. The fraction of sp³-hybridized carbons (Fsp3) is 0.448. The molecule has 186 valence electrons. The van der Waals surface area contributed by atoms with Gasteiger partial charge in [0, 0.05) is 81.4 Å². The van der Waals surface area contributed by atoms with E-state index in [9.17, 15) is 5.26 Å². The lowest BCUT2D eigenvalue weighted by Gasteiger charge is -2.40. The van der Waals surface area contributed by atoms with Crippen molar-refractivity contribution in [2.24, 2.45) is 0 Å². The van der Waals surface area contributed by atoms with Gasteiger partial charge in [-0.2, -0.15) is 5.26 Å². The Hall–Kier alpha value is -3.18.